The van der Waals surface area contributed by atoms with E-state index < -0.39 is 0 Å². The molecule has 4 rings (SSSR count). The summed E-state index contributed by atoms with van der Waals surface area (Å²) in [4.78, 5) is 9.05. The molecule has 0 radical (unpaired) electrons. The van der Waals surface area contributed by atoms with Crippen molar-refractivity contribution < 1.29 is 4.42 Å². The molecule has 0 aliphatic carbocycles. The van der Waals surface area contributed by atoms with Crippen LogP contribution in [0.15, 0.2) is 40.8 Å². The Bertz CT molecular complexity index is 971. The van der Waals surface area contributed by atoms with Gasteiger partial charge >= 0.3 is 6.01 Å². The summed E-state index contributed by atoms with van der Waals surface area (Å²) in [7, 11) is 0. The third-order valence-electron chi connectivity index (χ3n) is 3.62. The first-order valence-corrected chi connectivity index (χ1v) is 8.06. The molecule has 0 aliphatic rings. The number of hydrogen-bond acceptors (Lipinski definition) is 5. The van der Waals surface area contributed by atoms with Gasteiger partial charge in [0.05, 0.1) is 10.2 Å². The number of nitrogens with one attached hydrogen (secondary N) is 1. The maximum Gasteiger partial charge on any atom is 0.302 e. The standard InChI is InChI=1S/C17H15N3OS/c1-3-11-5-7-14-13(9-11)18-16(21-14)20-17-19-12-6-4-10(2)8-15(12)22-17/h4-9H,3H2,1-2H3,(H,18,19,20). The van der Waals surface area contributed by atoms with Crippen LogP contribution in [-0.4, -0.2) is 9.97 Å². The van der Waals surface area contributed by atoms with E-state index in [0.29, 0.717) is 6.01 Å². The van der Waals surface area contributed by atoms with Gasteiger partial charge in [-0.1, -0.05) is 30.4 Å². The molecule has 110 valence electrons. The number of nitrogens with zero attached hydrogens (tertiary/aromatic N) is 2. The number of aryl methyl sites for hydroxylation is 2. The average molecular weight is 309 g/mol. The Hall–Kier alpha value is -2.40. The van der Waals surface area contributed by atoms with Crippen LogP contribution in [0.4, 0.5) is 11.1 Å². The first-order chi connectivity index (χ1) is 10.7. The van der Waals surface area contributed by atoms with E-state index in [4.69, 9.17) is 4.42 Å². The molecule has 0 atom stereocenters. The van der Waals surface area contributed by atoms with Gasteiger partial charge in [-0.3, -0.25) is 5.32 Å². The highest BCUT2D eigenvalue weighted by atomic mass is 32.1. The minimum absolute atomic E-state index is 0.485. The van der Waals surface area contributed by atoms with Crippen molar-refractivity contribution >= 4 is 43.8 Å². The maximum absolute atomic E-state index is 5.74. The molecule has 0 saturated carbocycles. The molecule has 0 unspecified atom stereocenters. The van der Waals surface area contributed by atoms with Crippen LogP contribution in [0, 0.1) is 6.92 Å². The van der Waals surface area contributed by atoms with Crippen molar-refractivity contribution in [1.29, 1.82) is 0 Å². The van der Waals surface area contributed by atoms with Crippen molar-refractivity contribution in [3.05, 3.63) is 47.5 Å². The maximum atomic E-state index is 5.74. The van der Waals surface area contributed by atoms with Crippen LogP contribution in [0.3, 0.4) is 0 Å². The van der Waals surface area contributed by atoms with Gasteiger partial charge in [0.1, 0.15) is 5.52 Å². The Balaban J connectivity index is 1.69. The first kappa shape index (κ1) is 13.3. The molecule has 0 amide bonds. The summed E-state index contributed by atoms with van der Waals surface area (Å²) in [5.74, 6) is 0. The van der Waals surface area contributed by atoms with E-state index in [0.717, 1.165) is 32.9 Å². The lowest BCUT2D eigenvalue weighted by molar-refractivity contribution is 0.623. The van der Waals surface area contributed by atoms with Crippen LogP contribution in [-0.2, 0) is 6.42 Å². The highest BCUT2D eigenvalue weighted by molar-refractivity contribution is 7.22. The lowest BCUT2D eigenvalue weighted by Gasteiger charge is -1.92. The van der Waals surface area contributed by atoms with E-state index in [1.54, 1.807) is 11.3 Å². The van der Waals surface area contributed by atoms with Gasteiger partial charge in [-0.2, -0.15) is 4.98 Å². The summed E-state index contributed by atoms with van der Waals surface area (Å²) in [5, 5.41) is 3.96. The molecule has 2 heterocycles. The van der Waals surface area contributed by atoms with E-state index in [1.807, 2.05) is 12.1 Å². The van der Waals surface area contributed by atoms with Crippen molar-refractivity contribution in [2.45, 2.75) is 20.3 Å². The SMILES string of the molecule is CCc1ccc2oc(Nc3nc4ccc(C)cc4s3)nc2c1. The zero-order valence-corrected chi connectivity index (χ0v) is 13.2. The van der Waals surface area contributed by atoms with Crippen molar-refractivity contribution in [3.8, 4) is 0 Å². The van der Waals surface area contributed by atoms with Crippen LogP contribution in [0.1, 0.15) is 18.1 Å². The first-order valence-electron chi connectivity index (χ1n) is 7.25. The lowest BCUT2D eigenvalue weighted by atomic mass is 10.1. The third kappa shape index (κ3) is 2.33. The van der Waals surface area contributed by atoms with E-state index in [9.17, 15) is 0 Å². The summed E-state index contributed by atoms with van der Waals surface area (Å²) < 4.78 is 6.89. The molecule has 0 bridgehead atoms. The molecule has 2 aromatic carbocycles. The van der Waals surface area contributed by atoms with Crippen molar-refractivity contribution in [2.24, 2.45) is 0 Å². The Kier molecular flexibility index (Phi) is 3.08. The average Bonchev–Trinajstić information content (AvgIpc) is 3.08. The highest BCUT2D eigenvalue weighted by Crippen LogP contribution is 2.30. The summed E-state index contributed by atoms with van der Waals surface area (Å²) in [6.45, 7) is 4.21. The van der Waals surface area contributed by atoms with Gasteiger partial charge in [0.2, 0.25) is 0 Å². The molecule has 1 N–H and O–H groups in total. The molecular weight excluding hydrogens is 294 g/mol. The second-order valence-corrected chi connectivity index (χ2v) is 6.32. The van der Waals surface area contributed by atoms with Gasteiger partial charge < -0.3 is 4.42 Å². The number of oxazole rings is 1. The smallest absolute Gasteiger partial charge is 0.302 e. The number of fused-ring (bicyclic) bond motifs is 2. The fourth-order valence-electron chi connectivity index (χ4n) is 2.42. The summed E-state index contributed by atoms with van der Waals surface area (Å²) in [6.07, 6.45) is 0.989. The third-order valence-corrected chi connectivity index (χ3v) is 4.55. The summed E-state index contributed by atoms with van der Waals surface area (Å²) >= 11 is 1.60. The molecule has 0 spiro atoms. The monoisotopic (exact) mass is 309 g/mol. The zero-order valence-electron chi connectivity index (χ0n) is 12.4. The Labute approximate surface area is 131 Å². The van der Waals surface area contributed by atoms with E-state index in [1.165, 1.54) is 11.1 Å². The summed E-state index contributed by atoms with van der Waals surface area (Å²) in [5.41, 5.74) is 5.14. The molecule has 2 aromatic heterocycles. The van der Waals surface area contributed by atoms with Gasteiger partial charge in [-0.05, 0) is 48.7 Å². The lowest BCUT2D eigenvalue weighted by Crippen LogP contribution is -1.88. The number of aromatic nitrogens is 2. The predicted octanol–water partition coefficient (Wildman–Crippen LogP) is 5.05. The van der Waals surface area contributed by atoms with Gasteiger partial charge in [0, 0.05) is 0 Å². The minimum atomic E-state index is 0.485. The number of benzene rings is 2. The van der Waals surface area contributed by atoms with Gasteiger partial charge in [-0.25, -0.2) is 4.98 Å². The molecule has 22 heavy (non-hydrogen) atoms. The number of anilines is 2. The van der Waals surface area contributed by atoms with E-state index in [2.05, 4.69) is 53.4 Å². The van der Waals surface area contributed by atoms with E-state index >= 15 is 0 Å². The largest absolute Gasteiger partial charge is 0.423 e. The highest BCUT2D eigenvalue weighted by Gasteiger charge is 2.09. The molecule has 4 aromatic rings. The van der Waals surface area contributed by atoms with Crippen LogP contribution >= 0.6 is 11.3 Å². The van der Waals surface area contributed by atoms with Gasteiger partial charge in [0.15, 0.2) is 10.7 Å². The second-order valence-electron chi connectivity index (χ2n) is 5.29. The number of rotatable bonds is 3. The Morgan fingerprint density at radius 3 is 2.86 bits per heavy atom. The van der Waals surface area contributed by atoms with Crippen LogP contribution < -0.4 is 5.32 Å². The topological polar surface area (TPSA) is 51.0 Å². The van der Waals surface area contributed by atoms with Crippen molar-refractivity contribution in [3.63, 3.8) is 0 Å². The van der Waals surface area contributed by atoms with Crippen LogP contribution in [0.2, 0.25) is 0 Å². The van der Waals surface area contributed by atoms with Crippen molar-refractivity contribution in [1.82, 2.24) is 9.97 Å². The van der Waals surface area contributed by atoms with Crippen LogP contribution in [0.25, 0.3) is 21.3 Å². The van der Waals surface area contributed by atoms with Crippen molar-refractivity contribution in [2.75, 3.05) is 5.32 Å². The Morgan fingerprint density at radius 2 is 2.00 bits per heavy atom. The molecule has 0 saturated heterocycles. The molecular formula is C17H15N3OS. The van der Waals surface area contributed by atoms with E-state index in [-0.39, 0.29) is 0 Å². The zero-order chi connectivity index (χ0) is 15.1. The second kappa shape index (κ2) is 5.10. The number of thiazole rings is 1. The Morgan fingerprint density at radius 1 is 1.09 bits per heavy atom. The fraction of sp³-hybridized carbons (Fsp3) is 0.176. The predicted molar refractivity (Wildman–Crippen MR) is 91.0 cm³/mol. The summed E-state index contributed by atoms with van der Waals surface area (Å²) in [6, 6.07) is 12.8. The molecule has 0 aliphatic heterocycles. The normalized spacial score (nSPS) is 11.4. The van der Waals surface area contributed by atoms with Gasteiger partial charge in [0.25, 0.3) is 0 Å². The molecule has 4 nitrogen and oxygen atoms in total. The van der Waals surface area contributed by atoms with Gasteiger partial charge in [-0.15, -0.1) is 0 Å². The minimum Gasteiger partial charge on any atom is -0.423 e. The molecule has 0 fully saturated rings. The fourth-order valence-corrected chi connectivity index (χ4v) is 3.38. The quantitative estimate of drug-likeness (QED) is 0.575. The number of hydrogen-bond donors (Lipinski definition) is 1. The molecule has 5 heteroatoms. The van der Waals surface area contributed by atoms with Crippen LogP contribution in [0.5, 0.6) is 0 Å².